The Morgan fingerprint density at radius 1 is 1.20 bits per heavy atom. The molecule has 0 amide bonds. The van der Waals surface area contributed by atoms with Crippen molar-refractivity contribution in [2.24, 2.45) is 5.41 Å². The molecule has 0 bridgehead atoms. The predicted molar refractivity (Wildman–Crippen MR) is 83.8 cm³/mol. The van der Waals surface area contributed by atoms with Crippen molar-refractivity contribution >= 4 is 0 Å². The largest absolute Gasteiger partial charge is 0.388 e. The second kappa shape index (κ2) is 7.77. The average Bonchev–Trinajstić information content (AvgIpc) is 2.43. The molecule has 1 unspecified atom stereocenters. The Morgan fingerprint density at radius 3 is 2.30 bits per heavy atom. The lowest BCUT2D eigenvalue weighted by Crippen LogP contribution is -2.43. The molecule has 1 N–H and O–H groups in total. The summed E-state index contributed by atoms with van der Waals surface area (Å²) in [7, 11) is 1.72. The van der Waals surface area contributed by atoms with Crippen LogP contribution >= 0.6 is 0 Å². The zero-order valence-electron chi connectivity index (χ0n) is 13.5. The van der Waals surface area contributed by atoms with Gasteiger partial charge in [0, 0.05) is 31.7 Å². The first-order valence-corrected chi connectivity index (χ1v) is 7.34. The fourth-order valence-electron chi connectivity index (χ4n) is 2.42. The maximum atomic E-state index is 10.6. The second-order valence-electron chi connectivity index (χ2n) is 6.36. The van der Waals surface area contributed by atoms with Crippen LogP contribution in [0.5, 0.6) is 0 Å². The number of ether oxygens (including phenoxy) is 1. The van der Waals surface area contributed by atoms with Crippen LogP contribution in [-0.4, -0.2) is 42.9 Å². The third-order valence-electron chi connectivity index (χ3n) is 3.78. The van der Waals surface area contributed by atoms with Gasteiger partial charge in [-0.25, -0.2) is 0 Å². The van der Waals surface area contributed by atoms with Gasteiger partial charge in [-0.1, -0.05) is 44.2 Å². The molecule has 0 aliphatic rings. The summed E-state index contributed by atoms with van der Waals surface area (Å²) >= 11 is 0. The molecule has 1 atom stereocenters. The Kier molecular flexibility index (Phi) is 6.66. The minimum atomic E-state index is -0.465. The van der Waals surface area contributed by atoms with Gasteiger partial charge in [0.25, 0.3) is 0 Å². The molecule has 114 valence electrons. The highest BCUT2D eigenvalue weighted by atomic mass is 16.5. The van der Waals surface area contributed by atoms with Gasteiger partial charge in [0.15, 0.2) is 0 Å². The van der Waals surface area contributed by atoms with Gasteiger partial charge < -0.3 is 9.84 Å². The van der Waals surface area contributed by atoms with Crippen LogP contribution in [0, 0.1) is 5.41 Å². The monoisotopic (exact) mass is 279 g/mol. The highest BCUT2D eigenvalue weighted by Gasteiger charge is 2.31. The molecule has 0 aliphatic carbocycles. The lowest BCUT2D eigenvalue weighted by molar-refractivity contribution is 0.00616. The second-order valence-corrected chi connectivity index (χ2v) is 6.36. The van der Waals surface area contributed by atoms with E-state index in [2.05, 4.69) is 32.6 Å². The molecule has 1 rings (SSSR count). The summed E-state index contributed by atoms with van der Waals surface area (Å²) < 4.78 is 5.18. The minimum Gasteiger partial charge on any atom is -0.388 e. The summed E-state index contributed by atoms with van der Waals surface area (Å²) in [6.45, 7) is 11.0. The normalized spacial score (nSPS) is 14.0. The van der Waals surface area contributed by atoms with Crippen LogP contribution in [0.4, 0.5) is 0 Å². The zero-order chi connectivity index (χ0) is 15.2. The van der Waals surface area contributed by atoms with E-state index in [-0.39, 0.29) is 5.41 Å². The Hall–Kier alpha value is -0.900. The third-order valence-corrected chi connectivity index (χ3v) is 3.78. The maximum Gasteiger partial charge on any atom is 0.0853 e. The van der Waals surface area contributed by atoms with Crippen molar-refractivity contribution in [3.63, 3.8) is 0 Å². The van der Waals surface area contributed by atoms with Crippen LogP contribution < -0.4 is 0 Å². The molecular weight excluding hydrogens is 250 g/mol. The van der Waals surface area contributed by atoms with E-state index in [1.807, 2.05) is 30.3 Å². The van der Waals surface area contributed by atoms with Crippen molar-refractivity contribution in [1.82, 2.24) is 4.90 Å². The number of nitrogens with zero attached hydrogens (tertiary/aromatic N) is 1. The predicted octanol–water partition coefficient (Wildman–Crippen LogP) is 3.10. The molecule has 0 aliphatic heterocycles. The molecule has 0 saturated heterocycles. The number of hydrogen-bond donors (Lipinski definition) is 1. The molecule has 1 aromatic rings. The van der Waals surface area contributed by atoms with E-state index in [9.17, 15) is 5.11 Å². The molecular formula is C17H29NO2. The van der Waals surface area contributed by atoms with E-state index in [1.165, 1.54) is 0 Å². The highest BCUT2D eigenvalue weighted by Crippen LogP contribution is 2.34. The molecule has 1 aromatic carbocycles. The molecule has 3 heteroatoms. The van der Waals surface area contributed by atoms with Crippen molar-refractivity contribution in [3.05, 3.63) is 35.9 Å². The van der Waals surface area contributed by atoms with E-state index >= 15 is 0 Å². The summed E-state index contributed by atoms with van der Waals surface area (Å²) in [5.74, 6) is 0. The minimum absolute atomic E-state index is 0.209. The quantitative estimate of drug-likeness (QED) is 0.793. The zero-order valence-corrected chi connectivity index (χ0v) is 13.5. The summed E-state index contributed by atoms with van der Waals surface area (Å²) in [6.07, 6.45) is -0.465. The van der Waals surface area contributed by atoms with Crippen LogP contribution in [0.2, 0.25) is 0 Å². The van der Waals surface area contributed by atoms with Crippen molar-refractivity contribution in [2.75, 3.05) is 26.8 Å². The molecule has 0 radical (unpaired) electrons. The molecule has 0 aromatic heterocycles. The van der Waals surface area contributed by atoms with Crippen LogP contribution in [0.3, 0.4) is 0 Å². The van der Waals surface area contributed by atoms with E-state index in [4.69, 9.17) is 4.74 Å². The first kappa shape index (κ1) is 17.2. The van der Waals surface area contributed by atoms with Gasteiger partial charge in [-0.15, -0.1) is 0 Å². The van der Waals surface area contributed by atoms with Crippen molar-refractivity contribution in [3.8, 4) is 0 Å². The summed E-state index contributed by atoms with van der Waals surface area (Å²) in [4.78, 5) is 2.36. The first-order chi connectivity index (χ1) is 9.38. The van der Waals surface area contributed by atoms with Crippen molar-refractivity contribution in [1.29, 1.82) is 0 Å². The van der Waals surface area contributed by atoms with E-state index < -0.39 is 6.10 Å². The Labute approximate surface area is 123 Å². The smallest absolute Gasteiger partial charge is 0.0853 e. The van der Waals surface area contributed by atoms with Gasteiger partial charge in [-0.2, -0.15) is 0 Å². The number of methoxy groups -OCH3 is 1. The van der Waals surface area contributed by atoms with Gasteiger partial charge in [0.1, 0.15) is 0 Å². The topological polar surface area (TPSA) is 32.7 Å². The van der Waals surface area contributed by atoms with Gasteiger partial charge in [-0.3, -0.25) is 4.90 Å². The Balaban J connectivity index is 2.75. The third kappa shape index (κ3) is 4.89. The number of benzene rings is 1. The van der Waals surface area contributed by atoms with Gasteiger partial charge in [0.2, 0.25) is 0 Å². The fourth-order valence-corrected chi connectivity index (χ4v) is 2.42. The molecule has 0 saturated carbocycles. The molecule has 20 heavy (non-hydrogen) atoms. The van der Waals surface area contributed by atoms with Crippen LogP contribution in [-0.2, 0) is 4.74 Å². The van der Waals surface area contributed by atoms with Crippen LogP contribution in [0.1, 0.15) is 39.4 Å². The van der Waals surface area contributed by atoms with Gasteiger partial charge >= 0.3 is 0 Å². The van der Waals surface area contributed by atoms with Gasteiger partial charge in [0.05, 0.1) is 12.7 Å². The number of hydrogen-bond acceptors (Lipinski definition) is 3. The molecule has 0 fully saturated rings. The van der Waals surface area contributed by atoms with E-state index in [1.54, 1.807) is 7.11 Å². The maximum absolute atomic E-state index is 10.6. The summed E-state index contributed by atoms with van der Waals surface area (Å²) in [5, 5.41) is 10.6. The molecule has 0 spiro atoms. The fraction of sp³-hybridized carbons (Fsp3) is 0.647. The van der Waals surface area contributed by atoms with Crippen molar-refractivity contribution < 1.29 is 9.84 Å². The molecule has 3 nitrogen and oxygen atoms in total. The number of aliphatic hydroxyl groups is 1. The van der Waals surface area contributed by atoms with Crippen LogP contribution in [0.15, 0.2) is 30.3 Å². The summed E-state index contributed by atoms with van der Waals surface area (Å²) in [6, 6.07) is 10.3. The SMILES string of the molecule is COCCN(CC(C)(C)C(O)c1ccccc1)C(C)C. The number of aliphatic hydroxyl groups excluding tert-OH is 1. The van der Waals surface area contributed by atoms with Crippen LogP contribution in [0.25, 0.3) is 0 Å². The summed E-state index contributed by atoms with van der Waals surface area (Å²) in [5.41, 5.74) is 0.771. The van der Waals surface area contributed by atoms with E-state index in [0.29, 0.717) is 6.04 Å². The van der Waals surface area contributed by atoms with Crippen molar-refractivity contribution in [2.45, 2.75) is 39.8 Å². The Morgan fingerprint density at radius 2 is 1.80 bits per heavy atom. The van der Waals surface area contributed by atoms with E-state index in [0.717, 1.165) is 25.3 Å². The standard InChI is InChI=1S/C17H29NO2/c1-14(2)18(11-12-20-5)13-17(3,4)16(19)15-9-7-6-8-10-15/h6-10,14,16,19H,11-13H2,1-5H3. The Bertz CT molecular complexity index is 376. The molecule has 0 heterocycles. The lowest BCUT2D eigenvalue weighted by atomic mass is 9.82. The lowest BCUT2D eigenvalue weighted by Gasteiger charge is -2.38. The van der Waals surface area contributed by atoms with Gasteiger partial charge in [-0.05, 0) is 19.4 Å². The number of rotatable bonds is 8. The first-order valence-electron chi connectivity index (χ1n) is 7.34. The average molecular weight is 279 g/mol. The highest BCUT2D eigenvalue weighted by molar-refractivity contribution is 5.19.